The summed E-state index contributed by atoms with van der Waals surface area (Å²) >= 11 is 0. The highest BCUT2D eigenvalue weighted by Crippen LogP contribution is 2.28. The van der Waals surface area contributed by atoms with Crippen LogP contribution >= 0.6 is 0 Å². The highest BCUT2D eigenvalue weighted by atomic mass is 16.3. The average Bonchev–Trinajstić information content (AvgIpc) is 2.68. The van der Waals surface area contributed by atoms with Gasteiger partial charge in [-0.05, 0) is 11.6 Å². The predicted octanol–water partition coefficient (Wildman–Crippen LogP) is 4.38. The van der Waals surface area contributed by atoms with Gasteiger partial charge in [0.2, 0.25) is 0 Å². The second kappa shape index (κ2) is 6.22. The number of para-hydroxylation sites is 1. The van der Waals surface area contributed by atoms with Gasteiger partial charge in [-0.3, -0.25) is 0 Å². The van der Waals surface area contributed by atoms with Gasteiger partial charge in [0.25, 0.3) is 0 Å². The van der Waals surface area contributed by atoms with Crippen LogP contribution in [0, 0.1) is 0 Å². The van der Waals surface area contributed by atoms with Crippen molar-refractivity contribution in [3.8, 4) is 11.3 Å². The number of aliphatic hydroxyl groups excluding tert-OH is 1. The minimum atomic E-state index is -0.849. The fourth-order valence-electron chi connectivity index (χ4n) is 2.82. The quantitative estimate of drug-likeness (QED) is 0.610. The van der Waals surface area contributed by atoms with Crippen molar-refractivity contribution in [3.05, 3.63) is 96.3 Å². The Labute approximate surface area is 140 Å². The molecule has 0 aliphatic rings. The number of benzene rings is 3. The molecule has 4 rings (SSSR count). The zero-order chi connectivity index (χ0) is 16.4. The molecule has 0 amide bonds. The van der Waals surface area contributed by atoms with E-state index in [4.69, 9.17) is 0 Å². The molecule has 4 aromatic rings. The first-order chi connectivity index (χ1) is 11.8. The lowest BCUT2D eigenvalue weighted by Crippen LogP contribution is -2.07. The molecule has 0 unspecified atom stereocenters. The van der Waals surface area contributed by atoms with E-state index < -0.39 is 6.10 Å². The van der Waals surface area contributed by atoms with E-state index in [-0.39, 0.29) is 0 Å². The van der Waals surface area contributed by atoms with E-state index in [2.05, 4.69) is 9.97 Å². The van der Waals surface area contributed by atoms with Crippen molar-refractivity contribution in [2.45, 2.75) is 6.10 Å². The van der Waals surface area contributed by atoms with Crippen molar-refractivity contribution >= 4 is 10.9 Å². The summed E-state index contributed by atoms with van der Waals surface area (Å²) in [4.78, 5) is 9.26. The number of aliphatic hydroxyl groups is 1. The van der Waals surface area contributed by atoms with Crippen LogP contribution in [0.25, 0.3) is 22.2 Å². The van der Waals surface area contributed by atoms with Crippen molar-refractivity contribution in [3.63, 3.8) is 0 Å². The number of hydrogen-bond donors (Lipinski definition) is 1. The highest BCUT2D eigenvalue weighted by molar-refractivity contribution is 5.92. The molecule has 0 spiro atoms. The molecule has 1 atom stereocenters. The lowest BCUT2D eigenvalue weighted by Gasteiger charge is -2.13. The summed E-state index contributed by atoms with van der Waals surface area (Å²) in [6, 6.07) is 27.4. The van der Waals surface area contributed by atoms with E-state index in [0.29, 0.717) is 5.82 Å². The van der Waals surface area contributed by atoms with E-state index in [1.54, 1.807) is 0 Å². The van der Waals surface area contributed by atoms with Crippen LogP contribution in [0.1, 0.15) is 17.5 Å². The Balaban J connectivity index is 1.92. The van der Waals surface area contributed by atoms with Gasteiger partial charge in [0, 0.05) is 10.9 Å². The Kier molecular flexibility index (Phi) is 3.77. The second-order valence-corrected chi connectivity index (χ2v) is 5.63. The Hall–Kier alpha value is -3.04. The molecule has 0 saturated carbocycles. The molecular formula is C21H16N2O. The number of hydrogen-bond acceptors (Lipinski definition) is 3. The molecule has 0 radical (unpaired) electrons. The molecule has 1 aromatic heterocycles. The minimum Gasteiger partial charge on any atom is -0.380 e. The van der Waals surface area contributed by atoms with Crippen LogP contribution < -0.4 is 0 Å². The van der Waals surface area contributed by atoms with Crippen molar-refractivity contribution in [1.29, 1.82) is 0 Å². The largest absolute Gasteiger partial charge is 0.380 e. The summed E-state index contributed by atoms with van der Waals surface area (Å²) in [6.45, 7) is 0. The van der Waals surface area contributed by atoms with Crippen molar-refractivity contribution in [2.24, 2.45) is 0 Å². The highest BCUT2D eigenvalue weighted by Gasteiger charge is 2.17. The SMILES string of the molecule is O[C@@H](c1ccccc1)c1nc(-c2ccccc2)c2ccccc2n1. The molecule has 116 valence electrons. The number of rotatable bonds is 3. The Morgan fingerprint density at radius 2 is 1.29 bits per heavy atom. The standard InChI is InChI=1S/C21H16N2O/c24-20(16-11-5-2-6-12-16)21-22-18-14-8-7-13-17(18)19(23-21)15-9-3-1-4-10-15/h1-14,20,24H/t20-/m0/s1. The summed E-state index contributed by atoms with van der Waals surface area (Å²) in [5.41, 5.74) is 3.46. The molecule has 1 N–H and O–H groups in total. The van der Waals surface area contributed by atoms with Gasteiger partial charge in [-0.25, -0.2) is 9.97 Å². The van der Waals surface area contributed by atoms with Crippen molar-refractivity contribution < 1.29 is 5.11 Å². The van der Waals surface area contributed by atoms with Gasteiger partial charge in [0.1, 0.15) is 6.10 Å². The molecule has 1 heterocycles. The first kappa shape index (κ1) is 14.5. The van der Waals surface area contributed by atoms with Gasteiger partial charge in [0.05, 0.1) is 11.2 Å². The van der Waals surface area contributed by atoms with Crippen LogP contribution in [-0.4, -0.2) is 15.1 Å². The maximum absolute atomic E-state index is 10.7. The molecule has 0 saturated heterocycles. The van der Waals surface area contributed by atoms with Crippen LogP contribution in [0.5, 0.6) is 0 Å². The minimum absolute atomic E-state index is 0.416. The van der Waals surface area contributed by atoms with E-state index in [1.165, 1.54) is 0 Å². The van der Waals surface area contributed by atoms with Crippen molar-refractivity contribution in [2.75, 3.05) is 0 Å². The molecule has 0 aliphatic heterocycles. The van der Waals surface area contributed by atoms with E-state index >= 15 is 0 Å². The van der Waals surface area contributed by atoms with Crippen LogP contribution in [0.4, 0.5) is 0 Å². The topological polar surface area (TPSA) is 46.0 Å². The lowest BCUT2D eigenvalue weighted by atomic mass is 10.0. The van der Waals surface area contributed by atoms with Gasteiger partial charge in [-0.15, -0.1) is 0 Å². The van der Waals surface area contributed by atoms with Crippen LogP contribution in [0.3, 0.4) is 0 Å². The average molecular weight is 312 g/mol. The molecule has 0 aliphatic carbocycles. The normalized spacial score (nSPS) is 12.2. The predicted molar refractivity (Wildman–Crippen MR) is 95.5 cm³/mol. The molecule has 3 nitrogen and oxygen atoms in total. The lowest BCUT2D eigenvalue weighted by molar-refractivity contribution is 0.210. The molecule has 3 heteroatoms. The number of nitrogens with zero attached hydrogens (tertiary/aromatic N) is 2. The summed E-state index contributed by atoms with van der Waals surface area (Å²) in [6.07, 6.45) is -0.849. The Morgan fingerprint density at radius 3 is 2.04 bits per heavy atom. The van der Waals surface area contributed by atoms with E-state index in [9.17, 15) is 5.11 Å². The first-order valence-electron chi connectivity index (χ1n) is 7.88. The summed E-state index contributed by atoms with van der Waals surface area (Å²) < 4.78 is 0. The second-order valence-electron chi connectivity index (χ2n) is 5.63. The maximum Gasteiger partial charge on any atom is 0.162 e. The molecule has 24 heavy (non-hydrogen) atoms. The molecule has 3 aromatic carbocycles. The van der Waals surface area contributed by atoms with Crippen LogP contribution in [0.15, 0.2) is 84.9 Å². The van der Waals surface area contributed by atoms with Gasteiger partial charge < -0.3 is 5.11 Å². The third-order valence-corrected chi connectivity index (χ3v) is 4.03. The van der Waals surface area contributed by atoms with Gasteiger partial charge in [-0.2, -0.15) is 0 Å². The summed E-state index contributed by atoms with van der Waals surface area (Å²) in [7, 11) is 0. The van der Waals surface area contributed by atoms with Gasteiger partial charge in [0.15, 0.2) is 5.82 Å². The van der Waals surface area contributed by atoms with E-state index in [0.717, 1.165) is 27.7 Å². The fourth-order valence-corrected chi connectivity index (χ4v) is 2.82. The summed E-state index contributed by atoms with van der Waals surface area (Å²) in [5.74, 6) is 0.416. The van der Waals surface area contributed by atoms with Crippen LogP contribution in [0.2, 0.25) is 0 Å². The van der Waals surface area contributed by atoms with E-state index in [1.807, 2.05) is 84.9 Å². The zero-order valence-corrected chi connectivity index (χ0v) is 13.0. The number of fused-ring (bicyclic) bond motifs is 1. The Bertz CT molecular complexity index is 969. The molecule has 0 fully saturated rings. The fraction of sp³-hybridized carbons (Fsp3) is 0.0476. The zero-order valence-electron chi connectivity index (χ0n) is 13.0. The van der Waals surface area contributed by atoms with Gasteiger partial charge in [-0.1, -0.05) is 78.9 Å². The molecule has 0 bridgehead atoms. The smallest absolute Gasteiger partial charge is 0.162 e. The van der Waals surface area contributed by atoms with Crippen molar-refractivity contribution in [1.82, 2.24) is 9.97 Å². The third kappa shape index (κ3) is 2.66. The monoisotopic (exact) mass is 312 g/mol. The maximum atomic E-state index is 10.7. The van der Waals surface area contributed by atoms with Gasteiger partial charge >= 0.3 is 0 Å². The number of aromatic nitrogens is 2. The Morgan fingerprint density at radius 1 is 0.667 bits per heavy atom. The van der Waals surface area contributed by atoms with Crippen LogP contribution in [-0.2, 0) is 0 Å². The third-order valence-electron chi connectivity index (χ3n) is 4.03. The molecular weight excluding hydrogens is 296 g/mol. The summed E-state index contributed by atoms with van der Waals surface area (Å²) in [5, 5.41) is 11.7. The first-order valence-corrected chi connectivity index (χ1v) is 7.88.